The molecule has 3 heteroatoms. The Bertz CT molecular complexity index is 667. The van der Waals surface area contributed by atoms with E-state index in [1.54, 1.807) is 0 Å². The number of hydrogen-bond acceptors (Lipinski definition) is 3. The number of carbonyl (C=O) groups excluding carboxylic acids is 1. The van der Waals surface area contributed by atoms with Crippen LogP contribution < -0.4 is 0 Å². The minimum absolute atomic E-state index is 0.0434. The molecule has 0 saturated heterocycles. The van der Waals surface area contributed by atoms with Crippen molar-refractivity contribution in [1.29, 1.82) is 0 Å². The lowest BCUT2D eigenvalue weighted by atomic mass is 9.82. The molecule has 3 rings (SSSR count). The molecule has 0 N–H and O–H groups in total. The second-order valence-electron chi connectivity index (χ2n) is 8.25. The first-order valence-corrected chi connectivity index (χ1v) is 11.2. The number of nitrogens with zero attached hydrogens (tertiary/aromatic N) is 1. The van der Waals surface area contributed by atoms with Crippen molar-refractivity contribution in [3.8, 4) is 0 Å². The summed E-state index contributed by atoms with van der Waals surface area (Å²) in [6.45, 7) is 4.38. The molecule has 0 atom stereocenters. The van der Waals surface area contributed by atoms with Gasteiger partial charge in [-0.3, -0.25) is 9.69 Å². The Morgan fingerprint density at radius 1 is 0.897 bits per heavy atom. The molecule has 1 saturated carbocycles. The summed E-state index contributed by atoms with van der Waals surface area (Å²) in [5.74, 6) is 0.717. The van der Waals surface area contributed by atoms with Gasteiger partial charge in [-0.1, -0.05) is 60.7 Å². The second-order valence-corrected chi connectivity index (χ2v) is 8.25. The quantitative estimate of drug-likeness (QED) is 0.465. The van der Waals surface area contributed by atoms with Gasteiger partial charge in [0.25, 0.3) is 0 Å². The van der Waals surface area contributed by atoms with Crippen molar-refractivity contribution in [2.75, 3.05) is 6.61 Å². The van der Waals surface area contributed by atoms with Crippen LogP contribution in [-0.2, 0) is 22.6 Å². The second kappa shape index (κ2) is 11.8. The summed E-state index contributed by atoms with van der Waals surface area (Å²) >= 11 is 0. The summed E-state index contributed by atoms with van der Waals surface area (Å²) in [7, 11) is 0. The molecule has 0 spiro atoms. The predicted octanol–water partition coefficient (Wildman–Crippen LogP) is 5.98. The van der Waals surface area contributed by atoms with Crippen LogP contribution in [-0.4, -0.2) is 23.5 Å². The zero-order valence-corrected chi connectivity index (χ0v) is 17.8. The fourth-order valence-corrected chi connectivity index (χ4v) is 4.52. The molecule has 0 unspecified atom stereocenters. The van der Waals surface area contributed by atoms with Gasteiger partial charge in [-0.15, -0.1) is 0 Å². The van der Waals surface area contributed by atoms with Gasteiger partial charge in [0, 0.05) is 25.6 Å². The fraction of sp³-hybridized carbons (Fsp3) is 0.500. The fourth-order valence-electron chi connectivity index (χ4n) is 4.52. The Morgan fingerprint density at radius 3 is 1.97 bits per heavy atom. The largest absolute Gasteiger partial charge is 0.466 e. The number of hydrogen-bond donors (Lipinski definition) is 0. The Hall–Kier alpha value is -2.13. The lowest BCUT2D eigenvalue weighted by molar-refractivity contribution is -0.143. The van der Waals surface area contributed by atoms with E-state index in [0.29, 0.717) is 19.1 Å². The van der Waals surface area contributed by atoms with E-state index in [0.717, 1.165) is 31.8 Å². The zero-order chi connectivity index (χ0) is 20.3. The SMILES string of the molecule is CCOC(=O)CCCC1CCC(N(Cc2ccccc2)Cc2ccccc2)CC1. The molecule has 1 aliphatic carbocycles. The Morgan fingerprint density at radius 2 is 1.45 bits per heavy atom. The highest BCUT2D eigenvalue weighted by atomic mass is 16.5. The van der Waals surface area contributed by atoms with Gasteiger partial charge in [0.15, 0.2) is 0 Å². The first-order chi connectivity index (χ1) is 14.2. The molecule has 0 radical (unpaired) electrons. The third-order valence-corrected chi connectivity index (χ3v) is 6.09. The third-order valence-electron chi connectivity index (χ3n) is 6.09. The van der Waals surface area contributed by atoms with Gasteiger partial charge in [-0.05, 0) is 62.5 Å². The maximum Gasteiger partial charge on any atom is 0.305 e. The molecule has 156 valence electrons. The highest BCUT2D eigenvalue weighted by Crippen LogP contribution is 2.32. The Kier molecular flexibility index (Phi) is 8.76. The van der Waals surface area contributed by atoms with Crippen LogP contribution in [0.4, 0.5) is 0 Å². The summed E-state index contributed by atoms with van der Waals surface area (Å²) in [5, 5.41) is 0. The van der Waals surface area contributed by atoms with Crippen molar-refractivity contribution >= 4 is 5.97 Å². The predicted molar refractivity (Wildman–Crippen MR) is 118 cm³/mol. The minimum Gasteiger partial charge on any atom is -0.466 e. The van der Waals surface area contributed by atoms with Gasteiger partial charge in [-0.2, -0.15) is 0 Å². The molecule has 2 aromatic carbocycles. The summed E-state index contributed by atoms with van der Waals surface area (Å²) < 4.78 is 5.05. The van der Waals surface area contributed by atoms with Crippen LogP contribution in [0.15, 0.2) is 60.7 Å². The third kappa shape index (κ3) is 7.32. The first-order valence-electron chi connectivity index (χ1n) is 11.2. The summed E-state index contributed by atoms with van der Waals surface area (Å²) in [6.07, 6.45) is 7.74. The molecule has 2 aromatic rings. The van der Waals surface area contributed by atoms with Gasteiger partial charge in [0.05, 0.1) is 6.61 Å². The molecule has 0 bridgehead atoms. The van der Waals surface area contributed by atoms with E-state index in [1.165, 1.54) is 36.8 Å². The molecule has 0 aromatic heterocycles. The van der Waals surface area contributed by atoms with Crippen molar-refractivity contribution in [3.05, 3.63) is 71.8 Å². The molecule has 0 aliphatic heterocycles. The molecular formula is C26H35NO2. The highest BCUT2D eigenvalue weighted by Gasteiger charge is 2.26. The number of carbonyl (C=O) groups is 1. The van der Waals surface area contributed by atoms with Crippen LogP contribution in [0.5, 0.6) is 0 Å². The lowest BCUT2D eigenvalue weighted by Gasteiger charge is -2.37. The zero-order valence-electron chi connectivity index (χ0n) is 17.8. The Labute approximate surface area is 176 Å². The number of ether oxygens (including phenoxy) is 1. The minimum atomic E-state index is -0.0434. The van der Waals surface area contributed by atoms with E-state index in [-0.39, 0.29) is 5.97 Å². The van der Waals surface area contributed by atoms with Crippen LogP contribution in [0.3, 0.4) is 0 Å². The molecule has 0 heterocycles. The summed E-state index contributed by atoms with van der Waals surface area (Å²) in [6, 6.07) is 22.3. The monoisotopic (exact) mass is 393 g/mol. The van der Waals surface area contributed by atoms with Gasteiger partial charge in [0.2, 0.25) is 0 Å². The molecule has 29 heavy (non-hydrogen) atoms. The van der Waals surface area contributed by atoms with Crippen molar-refractivity contribution in [2.24, 2.45) is 5.92 Å². The average Bonchev–Trinajstić information content (AvgIpc) is 2.75. The van der Waals surface area contributed by atoms with Crippen molar-refractivity contribution in [2.45, 2.75) is 71.0 Å². The van der Waals surface area contributed by atoms with E-state index < -0.39 is 0 Å². The van der Waals surface area contributed by atoms with E-state index >= 15 is 0 Å². The summed E-state index contributed by atoms with van der Waals surface area (Å²) in [5.41, 5.74) is 2.78. The van der Waals surface area contributed by atoms with Crippen LogP contribution in [0.2, 0.25) is 0 Å². The van der Waals surface area contributed by atoms with E-state index in [9.17, 15) is 4.79 Å². The normalized spacial score (nSPS) is 19.2. The molecule has 3 nitrogen and oxygen atoms in total. The van der Waals surface area contributed by atoms with Crippen molar-refractivity contribution in [3.63, 3.8) is 0 Å². The Balaban J connectivity index is 1.52. The van der Waals surface area contributed by atoms with E-state index in [2.05, 4.69) is 65.6 Å². The molecule has 1 fully saturated rings. The average molecular weight is 394 g/mol. The van der Waals surface area contributed by atoms with E-state index in [1.807, 2.05) is 6.92 Å². The van der Waals surface area contributed by atoms with E-state index in [4.69, 9.17) is 4.74 Å². The number of benzene rings is 2. The molecular weight excluding hydrogens is 358 g/mol. The van der Waals surface area contributed by atoms with Crippen LogP contribution in [0, 0.1) is 5.92 Å². The van der Waals surface area contributed by atoms with Gasteiger partial charge in [0.1, 0.15) is 0 Å². The first kappa shape index (κ1) is 21.6. The topological polar surface area (TPSA) is 29.5 Å². The van der Waals surface area contributed by atoms with Crippen molar-refractivity contribution in [1.82, 2.24) is 4.90 Å². The number of esters is 1. The molecule has 1 aliphatic rings. The van der Waals surface area contributed by atoms with Crippen LogP contribution in [0.25, 0.3) is 0 Å². The lowest BCUT2D eigenvalue weighted by Crippen LogP contribution is -2.37. The number of rotatable bonds is 10. The van der Waals surface area contributed by atoms with Gasteiger partial charge < -0.3 is 4.74 Å². The van der Waals surface area contributed by atoms with Gasteiger partial charge >= 0.3 is 5.97 Å². The maximum atomic E-state index is 11.5. The smallest absolute Gasteiger partial charge is 0.305 e. The molecule has 0 amide bonds. The van der Waals surface area contributed by atoms with Crippen LogP contribution >= 0.6 is 0 Å². The summed E-state index contributed by atoms with van der Waals surface area (Å²) in [4.78, 5) is 14.2. The standard InChI is InChI=1S/C26H35NO2/c1-2-29-26(28)15-9-14-22-16-18-25(19-17-22)27(20-23-10-5-3-6-11-23)21-24-12-7-4-8-13-24/h3-8,10-13,22,25H,2,9,14-21H2,1H3. The maximum absolute atomic E-state index is 11.5. The van der Waals surface area contributed by atoms with Crippen molar-refractivity contribution < 1.29 is 9.53 Å². The highest BCUT2D eigenvalue weighted by molar-refractivity contribution is 5.69. The van der Waals surface area contributed by atoms with Gasteiger partial charge in [-0.25, -0.2) is 0 Å². The van der Waals surface area contributed by atoms with Crippen LogP contribution in [0.1, 0.15) is 63.0 Å².